The van der Waals surface area contributed by atoms with Crippen molar-refractivity contribution < 1.29 is 5.11 Å². The first-order chi connectivity index (χ1) is 10.1. The lowest BCUT2D eigenvalue weighted by Crippen LogP contribution is -2.43. The lowest BCUT2D eigenvalue weighted by molar-refractivity contribution is 0.106. The molecule has 0 heterocycles. The lowest BCUT2D eigenvalue weighted by Gasteiger charge is -2.37. The van der Waals surface area contributed by atoms with Crippen LogP contribution in [0.5, 0.6) is 0 Å². The summed E-state index contributed by atoms with van der Waals surface area (Å²) in [6.07, 6.45) is 6.92. The molecule has 21 heavy (non-hydrogen) atoms. The molecule has 2 atom stereocenters. The second-order valence-corrected chi connectivity index (χ2v) is 6.81. The van der Waals surface area contributed by atoms with Gasteiger partial charge in [-0.1, -0.05) is 25.0 Å². The molecule has 0 aliphatic heterocycles. The number of likely N-dealkylation sites (N-methyl/N-ethyl adjacent to an activating group) is 1. The molecule has 1 aromatic carbocycles. The molecule has 0 radical (unpaired) electrons. The van der Waals surface area contributed by atoms with E-state index in [1.165, 1.54) is 36.1 Å². The first-order valence-electron chi connectivity index (χ1n) is 8.39. The maximum Gasteiger partial charge on any atom is 0.0743 e. The quantitative estimate of drug-likeness (QED) is 0.874. The summed E-state index contributed by atoms with van der Waals surface area (Å²) in [5, 5.41) is 13.8. The molecule has 116 valence electrons. The predicted molar refractivity (Wildman–Crippen MR) is 87.7 cm³/mol. The fraction of sp³-hybridized carbons (Fsp3) is 0.667. The van der Waals surface area contributed by atoms with E-state index >= 15 is 0 Å². The summed E-state index contributed by atoms with van der Waals surface area (Å²) in [4.78, 5) is 2.29. The van der Waals surface area contributed by atoms with Crippen LogP contribution in [0.4, 0.5) is 5.69 Å². The van der Waals surface area contributed by atoms with E-state index in [-0.39, 0.29) is 12.1 Å². The zero-order valence-electron chi connectivity index (χ0n) is 13.3. The molecule has 0 amide bonds. The average Bonchev–Trinajstić information content (AvgIpc) is 3.29. The van der Waals surface area contributed by atoms with Crippen LogP contribution >= 0.6 is 0 Å². The van der Waals surface area contributed by atoms with E-state index in [1.807, 2.05) is 0 Å². The van der Waals surface area contributed by atoms with Gasteiger partial charge in [-0.3, -0.25) is 0 Å². The van der Waals surface area contributed by atoms with Crippen LogP contribution in [-0.4, -0.2) is 30.3 Å². The van der Waals surface area contributed by atoms with Gasteiger partial charge in [0.05, 0.1) is 12.1 Å². The van der Waals surface area contributed by atoms with Crippen molar-refractivity contribution in [2.45, 2.75) is 70.2 Å². The molecule has 2 saturated carbocycles. The molecule has 2 aliphatic carbocycles. The highest BCUT2D eigenvalue weighted by atomic mass is 16.3. The van der Waals surface area contributed by atoms with Gasteiger partial charge in [-0.15, -0.1) is 0 Å². The van der Waals surface area contributed by atoms with Gasteiger partial charge in [-0.2, -0.15) is 0 Å². The fourth-order valence-electron chi connectivity index (χ4n) is 3.50. The van der Waals surface area contributed by atoms with Crippen molar-refractivity contribution in [3.63, 3.8) is 0 Å². The monoisotopic (exact) mass is 288 g/mol. The zero-order chi connectivity index (χ0) is 14.8. The van der Waals surface area contributed by atoms with Crippen molar-refractivity contribution in [1.82, 2.24) is 5.32 Å². The van der Waals surface area contributed by atoms with Gasteiger partial charge in [0, 0.05) is 25.3 Å². The van der Waals surface area contributed by atoms with Gasteiger partial charge >= 0.3 is 0 Å². The van der Waals surface area contributed by atoms with Crippen LogP contribution in [-0.2, 0) is 6.54 Å². The zero-order valence-corrected chi connectivity index (χ0v) is 13.3. The molecule has 2 N–H and O–H groups in total. The molecular formula is C18H28N2O. The van der Waals surface area contributed by atoms with Crippen LogP contribution in [0, 0.1) is 6.92 Å². The van der Waals surface area contributed by atoms with Gasteiger partial charge in [0.15, 0.2) is 0 Å². The number of aliphatic hydroxyl groups excluding tert-OH is 1. The van der Waals surface area contributed by atoms with Gasteiger partial charge in [-0.05, 0) is 49.8 Å². The second kappa shape index (κ2) is 6.37. The van der Waals surface area contributed by atoms with Gasteiger partial charge < -0.3 is 15.3 Å². The molecule has 2 unspecified atom stereocenters. The summed E-state index contributed by atoms with van der Waals surface area (Å²) in [6, 6.07) is 7.76. The third-order valence-corrected chi connectivity index (χ3v) is 5.00. The van der Waals surface area contributed by atoms with E-state index < -0.39 is 0 Å². The van der Waals surface area contributed by atoms with Crippen molar-refractivity contribution >= 4 is 5.69 Å². The number of hydrogen-bond donors (Lipinski definition) is 2. The maximum atomic E-state index is 10.2. The molecule has 1 aromatic rings. The highest BCUT2D eigenvalue weighted by Gasteiger charge is 2.27. The minimum atomic E-state index is -0.181. The summed E-state index contributed by atoms with van der Waals surface area (Å²) in [6.45, 7) is 3.16. The Balaban J connectivity index is 1.68. The molecule has 0 spiro atoms. The number of anilines is 1. The molecular weight excluding hydrogens is 260 g/mol. The molecule has 2 fully saturated rings. The fourth-order valence-corrected chi connectivity index (χ4v) is 3.50. The molecule has 3 heteroatoms. The van der Waals surface area contributed by atoms with Crippen molar-refractivity contribution in [2.24, 2.45) is 0 Å². The van der Waals surface area contributed by atoms with E-state index in [0.29, 0.717) is 0 Å². The minimum Gasteiger partial charge on any atom is -0.391 e. The minimum absolute atomic E-state index is 0.181. The summed E-state index contributed by atoms with van der Waals surface area (Å²) in [5.74, 6) is 0. The molecule has 0 saturated heterocycles. The summed E-state index contributed by atoms with van der Waals surface area (Å²) in [5.41, 5.74) is 3.93. The first kappa shape index (κ1) is 14.9. The van der Waals surface area contributed by atoms with E-state index in [1.54, 1.807) is 0 Å². The Labute approximate surface area is 128 Å². The van der Waals surface area contributed by atoms with Crippen LogP contribution in [0.15, 0.2) is 18.2 Å². The number of aliphatic hydroxyl groups is 1. The van der Waals surface area contributed by atoms with E-state index in [9.17, 15) is 5.11 Å². The van der Waals surface area contributed by atoms with Crippen LogP contribution in [0.25, 0.3) is 0 Å². The Bertz CT molecular complexity index is 484. The Kier molecular flexibility index (Phi) is 4.51. The Hall–Kier alpha value is -1.06. The van der Waals surface area contributed by atoms with Crippen LogP contribution in [0.3, 0.4) is 0 Å². The Morgan fingerprint density at radius 2 is 1.95 bits per heavy atom. The van der Waals surface area contributed by atoms with Crippen molar-refractivity contribution in [3.05, 3.63) is 29.3 Å². The van der Waals surface area contributed by atoms with Crippen LogP contribution in [0.1, 0.15) is 49.7 Å². The topological polar surface area (TPSA) is 35.5 Å². The second-order valence-electron chi connectivity index (χ2n) is 6.81. The molecule has 0 bridgehead atoms. The van der Waals surface area contributed by atoms with Crippen molar-refractivity contribution in [2.75, 3.05) is 11.9 Å². The van der Waals surface area contributed by atoms with Crippen LogP contribution in [0.2, 0.25) is 0 Å². The van der Waals surface area contributed by atoms with Crippen molar-refractivity contribution in [1.29, 1.82) is 0 Å². The highest BCUT2D eigenvalue weighted by molar-refractivity contribution is 5.55. The molecule has 3 rings (SSSR count). The number of benzene rings is 1. The van der Waals surface area contributed by atoms with Gasteiger partial charge in [0.25, 0.3) is 0 Å². The highest BCUT2D eigenvalue weighted by Crippen LogP contribution is 2.29. The normalized spacial score (nSPS) is 25.9. The number of aryl methyl sites for hydroxylation is 1. The number of nitrogens with zero attached hydrogens (tertiary/aromatic N) is 1. The Morgan fingerprint density at radius 3 is 2.62 bits per heavy atom. The third-order valence-electron chi connectivity index (χ3n) is 5.00. The summed E-state index contributed by atoms with van der Waals surface area (Å²) in [7, 11) is 2.13. The van der Waals surface area contributed by atoms with Gasteiger partial charge in [0.1, 0.15) is 0 Å². The number of rotatable bonds is 5. The van der Waals surface area contributed by atoms with Crippen molar-refractivity contribution in [3.8, 4) is 0 Å². The van der Waals surface area contributed by atoms with E-state index in [4.69, 9.17) is 0 Å². The SMILES string of the molecule is Cc1cc(CNC2CC2)ccc1N(C)C1CCCCC1O. The lowest BCUT2D eigenvalue weighted by atomic mass is 9.91. The Morgan fingerprint density at radius 1 is 1.19 bits per heavy atom. The summed E-state index contributed by atoms with van der Waals surface area (Å²) < 4.78 is 0. The average molecular weight is 288 g/mol. The first-order valence-corrected chi connectivity index (χ1v) is 8.39. The molecule has 2 aliphatic rings. The molecule has 3 nitrogen and oxygen atoms in total. The number of hydrogen-bond acceptors (Lipinski definition) is 3. The third kappa shape index (κ3) is 3.58. The standard InChI is InChI=1S/C18H28N2O/c1-13-11-14(12-19-15-8-9-15)7-10-16(13)20(2)17-5-3-4-6-18(17)21/h7,10-11,15,17-19,21H,3-6,8-9,12H2,1-2H3. The van der Waals surface area contributed by atoms with E-state index in [2.05, 4.69) is 42.4 Å². The maximum absolute atomic E-state index is 10.2. The van der Waals surface area contributed by atoms with Crippen LogP contribution < -0.4 is 10.2 Å². The molecule has 0 aromatic heterocycles. The van der Waals surface area contributed by atoms with E-state index in [0.717, 1.165) is 31.8 Å². The predicted octanol–water partition coefficient (Wildman–Crippen LogP) is 2.99. The van der Waals surface area contributed by atoms with Gasteiger partial charge in [-0.25, -0.2) is 0 Å². The van der Waals surface area contributed by atoms with Gasteiger partial charge in [0.2, 0.25) is 0 Å². The smallest absolute Gasteiger partial charge is 0.0743 e. The summed E-state index contributed by atoms with van der Waals surface area (Å²) >= 11 is 0. The largest absolute Gasteiger partial charge is 0.391 e. The number of nitrogens with one attached hydrogen (secondary N) is 1.